The van der Waals surface area contributed by atoms with Crippen LogP contribution in [0, 0.1) is 6.92 Å². The Bertz CT molecular complexity index is 388. The lowest BCUT2D eigenvalue weighted by Crippen LogP contribution is -2.18. The highest BCUT2D eigenvalue weighted by molar-refractivity contribution is 5.98. The molecule has 1 rings (SSSR count). The molecule has 1 aromatic carbocycles. The Hall–Kier alpha value is -1.55. The molecule has 0 atom stereocenters. The van der Waals surface area contributed by atoms with E-state index in [9.17, 15) is 4.79 Å². The number of aryl methyl sites for hydroxylation is 1. The predicted molar refractivity (Wildman–Crippen MR) is 62.5 cm³/mol. The molecule has 0 aliphatic heterocycles. The van der Waals surface area contributed by atoms with Gasteiger partial charge in [0, 0.05) is 5.56 Å². The summed E-state index contributed by atoms with van der Waals surface area (Å²) in [7, 11) is 4.88. The molecule has 0 aliphatic carbocycles. The van der Waals surface area contributed by atoms with Crippen LogP contribution in [0.15, 0.2) is 12.1 Å². The summed E-state index contributed by atoms with van der Waals surface area (Å²) in [5.41, 5.74) is 1.52. The van der Waals surface area contributed by atoms with E-state index in [4.69, 9.17) is 9.47 Å². The average molecular weight is 223 g/mol. The van der Waals surface area contributed by atoms with Crippen molar-refractivity contribution in [3.05, 3.63) is 23.3 Å². The lowest BCUT2D eigenvalue weighted by atomic mass is 10.1. The van der Waals surface area contributed by atoms with Gasteiger partial charge in [0.15, 0.2) is 17.3 Å². The second-order valence-corrected chi connectivity index (χ2v) is 3.48. The van der Waals surface area contributed by atoms with E-state index in [1.165, 1.54) is 0 Å². The van der Waals surface area contributed by atoms with Crippen LogP contribution >= 0.6 is 0 Å². The third kappa shape index (κ3) is 2.52. The van der Waals surface area contributed by atoms with Gasteiger partial charge in [-0.1, -0.05) is 0 Å². The summed E-state index contributed by atoms with van der Waals surface area (Å²) < 4.78 is 10.4. The summed E-state index contributed by atoms with van der Waals surface area (Å²) in [6, 6.07) is 3.51. The third-order valence-electron chi connectivity index (χ3n) is 2.32. The van der Waals surface area contributed by atoms with Gasteiger partial charge in [-0.25, -0.2) is 0 Å². The Morgan fingerprint density at radius 2 is 2.00 bits per heavy atom. The number of likely N-dealkylation sites (N-methyl/N-ethyl adjacent to an activating group) is 1. The number of nitrogens with one attached hydrogen (secondary N) is 1. The number of Topliss-reactive ketones (excluding diaryl/α,β-unsaturated/α-hetero) is 1. The predicted octanol–water partition coefficient (Wildman–Crippen LogP) is 1.41. The molecule has 1 N–H and O–H groups in total. The second-order valence-electron chi connectivity index (χ2n) is 3.48. The van der Waals surface area contributed by atoms with Crippen molar-refractivity contribution in [3.8, 4) is 11.5 Å². The molecular weight excluding hydrogens is 206 g/mol. The number of benzene rings is 1. The Labute approximate surface area is 95.6 Å². The summed E-state index contributed by atoms with van der Waals surface area (Å²) in [5.74, 6) is 1.29. The molecule has 4 heteroatoms. The molecule has 0 saturated carbocycles. The number of carbonyl (C=O) groups excluding carboxylic acids is 1. The van der Waals surface area contributed by atoms with Gasteiger partial charge in [-0.05, 0) is 31.7 Å². The SMILES string of the molecule is CNCC(=O)c1cc(C)c(OC)c(OC)c1. The molecule has 0 fully saturated rings. The standard InChI is InChI=1S/C12H17NO3/c1-8-5-9(10(14)7-13-2)6-11(15-3)12(8)16-4/h5-6,13H,7H2,1-4H3. The third-order valence-corrected chi connectivity index (χ3v) is 2.32. The van der Waals surface area contributed by atoms with Crippen LogP contribution in [0.2, 0.25) is 0 Å². The smallest absolute Gasteiger partial charge is 0.176 e. The largest absolute Gasteiger partial charge is 0.493 e. The highest BCUT2D eigenvalue weighted by Crippen LogP contribution is 2.31. The summed E-state index contributed by atoms with van der Waals surface area (Å²) in [6.07, 6.45) is 0. The first-order chi connectivity index (χ1) is 7.63. The number of methoxy groups -OCH3 is 2. The van der Waals surface area contributed by atoms with E-state index in [0.29, 0.717) is 23.6 Å². The molecule has 0 amide bonds. The zero-order valence-electron chi connectivity index (χ0n) is 10.1. The molecule has 0 bridgehead atoms. The van der Waals surface area contributed by atoms with Crippen molar-refractivity contribution in [2.24, 2.45) is 0 Å². The van der Waals surface area contributed by atoms with Crippen LogP contribution in [0.3, 0.4) is 0 Å². The van der Waals surface area contributed by atoms with Gasteiger partial charge in [0.05, 0.1) is 20.8 Å². The molecule has 0 radical (unpaired) electrons. The minimum atomic E-state index is 0.0338. The van der Waals surface area contributed by atoms with E-state index < -0.39 is 0 Å². The van der Waals surface area contributed by atoms with Gasteiger partial charge in [0.2, 0.25) is 0 Å². The maximum atomic E-state index is 11.7. The molecule has 0 saturated heterocycles. The number of carbonyl (C=O) groups is 1. The van der Waals surface area contributed by atoms with Crippen molar-refractivity contribution < 1.29 is 14.3 Å². The van der Waals surface area contributed by atoms with Crippen LogP contribution in [-0.4, -0.2) is 33.6 Å². The molecule has 0 spiro atoms. The van der Waals surface area contributed by atoms with Gasteiger partial charge in [-0.3, -0.25) is 4.79 Å². The number of hydrogen-bond donors (Lipinski definition) is 1. The summed E-state index contributed by atoms with van der Waals surface area (Å²) >= 11 is 0. The molecule has 0 unspecified atom stereocenters. The Morgan fingerprint density at radius 3 is 2.50 bits per heavy atom. The fourth-order valence-electron chi connectivity index (χ4n) is 1.58. The highest BCUT2D eigenvalue weighted by atomic mass is 16.5. The summed E-state index contributed by atoms with van der Waals surface area (Å²) in [5, 5.41) is 2.83. The molecule has 1 aromatic rings. The van der Waals surface area contributed by atoms with Crippen LogP contribution in [0.25, 0.3) is 0 Å². The first-order valence-electron chi connectivity index (χ1n) is 5.04. The first-order valence-corrected chi connectivity index (χ1v) is 5.04. The van der Waals surface area contributed by atoms with Crippen molar-refractivity contribution in [2.75, 3.05) is 27.8 Å². The highest BCUT2D eigenvalue weighted by Gasteiger charge is 2.13. The van der Waals surface area contributed by atoms with Crippen molar-refractivity contribution in [1.82, 2.24) is 5.32 Å². The van der Waals surface area contributed by atoms with E-state index in [1.807, 2.05) is 6.92 Å². The van der Waals surface area contributed by atoms with Crippen molar-refractivity contribution in [1.29, 1.82) is 0 Å². The lowest BCUT2D eigenvalue weighted by Gasteiger charge is -2.12. The van der Waals surface area contributed by atoms with Crippen molar-refractivity contribution in [3.63, 3.8) is 0 Å². The monoisotopic (exact) mass is 223 g/mol. The first kappa shape index (κ1) is 12.5. The van der Waals surface area contributed by atoms with Gasteiger partial charge in [0.1, 0.15) is 0 Å². The Balaban J connectivity index is 3.15. The number of ether oxygens (including phenoxy) is 2. The van der Waals surface area contributed by atoms with Crippen LogP contribution < -0.4 is 14.8 Å². The van der Waals surface area contributed by atoms with E-state index >= 15 is 0 Å². The second kappa shape index (κ2) is 5.51. The minimum absolute atomic E-state index is 0.0338. The average Bonchev–Trinajstić information content (AvgIpc) is 2.28. The minimum Gasteiger partial charge on any atom is -0.493 e. The van der Waals surface area contributed by atoms with Gasteiger partial charge in [-0.15, -0.1) is 0 Å². The van der Waals surface area contributed by atoms with E-state index in [1.54, 1.807) is 33.4 Å². The van der Waals surface area contributed by atoms with Gasteiger partial charge >= 0.3 is 0 Å². The van der Waals surface area contributed by atoms with Crippen LogP contribution in [0.5, 0.6) is 11.5 Å². The van der Waals surface area contributed by atoms with Crippen molar-refractivity contribution >= 4 is 5.78 Å². The van der Waals surface area contributed by atoms with Gasteiger partial charge in [0.25, 0.3) is 0 Å². The molecule has 0 heterocycles. The molecular formula is C12H17NO3. The number of ketones is 1. The molecule has 4 nitrogen and oxygen atoms in total. The number of rotatable bonds is 5. The molecule has 88 valence electrons. The topological polar surface area (TPSA) is 47.6 Å². The fourth-order valence-corrected chi connectivity index (χ4v) is 1.58. The molecule has 0 aromatic heterocycles. The summed E-state index contributed by atoms with van der Waals surface area (Å²) in [4.78, 5) is 11.7. The summed E-state index contributed by atoms with van der Waals surface area (Å²) in [6.45, 7) is 2.20. The quantitative estimate of drug-likeness (QED) is 0.767. The van der Waals surface area contributed by atoms with E-state index in [-0.39, 0.29) is 5.78 Å². The van der Waals surface area contributed by atoms with Gasteiger partial charge < -0.3 is 14.8 Å². The van der Waals surface area contributed by atoms with E-state index in [2.05, 4.69) is 5.32 Å². The fraction of sp³-hybridized carbons (Fsp3) is 0.417. The van der Waals surface area contributed by atoms with E-state index in [0.717, 1.165) is 5.56 Å². The molecule has 16 heavy (non-hydrogen) atoms. The maximum Gasteiger partial charge on any atom is 0.176 e. The Kier molecular flexibility index (Phi) is 4.31. The van der Waals surface area contributed by atoms with Gasteiger partial charge in [-0.2, -0.15) is 0 Å². The Morgan fingerprint density at radius 1 is 1.31 bits per heavy atom. The zero-order valence-corrected chi connectivity index (χ0v) is 10.1. The lowest BCUT2D eigenvalue weighted by molar-refractivity contribution is 0.0993. The van der Waals surface area contributed by atoms with Crippen molar-refractivity contribution in [2.45, 2.75) is 6.92 Å². The van der Waals surface area contributed by atoms with Crippen LogP contribution in [0.1, 0.15) is 15.9 Å². The number of hydrogen-bond acceptors (Lipinski definition) is 4. The van der Waals surface area contributed by atoms with Crippen LogP contribution in [0.4, 0.5) is 0 Å². The normalized spacial score (nSPS) is 10.0. The zero-order chi connectivity index (χ0) is 12.1. The maximum absolute atomic E-state index is 11.7. The van der Waals surface area contributed by atoms with Crippen LogP contribution in [-0.2, 0) is 0 Å². The molecule has 0 aliphatic rings.